The molecule has 15 nitrogen and oxygen atoms in total. The molecule has 16 heteroatoms. The van der Waals surface area contributed by atoms with E-state index in [4.69, 9.17) is 29.4 Å². The van der Waals surface area contributed by atoms with Crippen molar-refractivity contribution in [2.45, 2.75) is 39.5 Å². The van der Waals surface area contributed by atoms with Crippen LogP contribution in [-0.2, 0) is 39.1 Å². The predicted molar refractivity (Wildman–Crippen MR) is 106 cm³/mol. The number of nitrogens with two attached hydrogens (primary N) is 1. The summed E-state index contributed by atoms with van der Waals surface area (Å²) >= 11 is 0. The largest absolute Gasteiger partial charge is 0.510 e. The Balaban J connectivity index is 1.94. The lowest BCUT2D eigenvalue weighted by Crippen LogP contribution is -2.19. The van der Waals surface area contributed by atoms with E-state index >= 15 is 0 Å². The third-order valence-corrected chi connectivity index (χ3v) is 5.05. The third kappa shape index (κ3) is 7.92. The standard InChI is InChI=1S/C16H24N5O10P/c1-10(2)31-16(24)27-8-30-32(25,29-7-26-15(22)23)9-28-11(3)4-21-6-20-12-13(17)18-5-19-14(12)21/h5-6,10-11H,4,7-9H2,1-3H3,(H,22,23)(H2,17,18,19)/t11-,32?/m1/s1. The molecule has 2 atom stereocenters. The maximum Gasteiger partial charge on any atom is 0.510 e. The number of hydrogen-bond acceptors (Lipinski definition) is 13. The predicted octanol–water partition coefficient (Wildman–Crippen LogP) is 2.17. The first-order valence-electron chi connectivity index (χ1n) is 9.20. The molecule has 0 bridgehead atoms. The minimum absolute atomic E-state index is 0.225. The summed E-state index contributed by atoms with van der Waals surface area (Å²) in [6.07, 6.45) is -1.47. The van der Waals surface area contributed by atoms with Crippen LogP contribution in [0, 0.1) is 0 Å². The Kier molecular flexibility index (Phi) is 9.13. The number of aromatic nitrogens is 4. The summed E-state index contributed by atoms with van der Waals surface area (Å²) in [6.45, 7) is 3.47. The van der Waals surface area contributed by atoms with Crippen LogP contribution in [0.15, 0.2) is 12.7 Å². The second-order valence-corrected chi connectivity index (χ2v) is 8.51. The van der Waals surface area contributed by atoms with E-state index < -0.39 is 52.0 Å². The number of carboxylic acid groups (broad SMARTS) is 1. The number of nitrogens with zero attached hydrogens (tertiary/aromatic N) is 4. The highest BCUT2D eigenvalue weighted by Crippen LogP contribution is 2.48. The van der Waals surface area contributed by atoms with Crippen molar-refractivity contribution in [2.24, 2.45) is 0 Å². The maximum absolute atomic E-state index is 12.8. The average molecular weight is 477 g/mol. The van der Waals surface area contributed by atoms with Crippen molar-refractivity contribution in [1.82, 2.24) is 19.5 Å². The second kappa shape index (κ2) is 11.6. The molecule has 178 valence electrons. The van der Waals surface area contributed by atoms with Gasteiger partial charge in [-0.3, -0.25) is 13.6 Å². The zero-order chi connectivity index (χ0) is 23.7. The molecule has 2 heterocycles. The lowest BCUT2D eigenvalue weighted by Gasteiger charge is -2.20. The van der Waals surface area contributed by atoms with Crippen LogP contribution in [0.25, 0.3) is 11.2 Å². The summed E-state index contributed by atoms with van der Waals surface area (Å²) in [7, 11) is -4.08. The number of imidazole rings is 1. The Labute approximate surface area is 182 Å². The Morgan fingerprint density at radius 2 is 1.84 bits per heavy atom. The normalized spacial score (nSPS) is 14.1. The molecule has 1 unspecified atom stereocenters. The number of carbonyl (C=O) groups excluding carboxylic acids is 1. The summed E-state index contributed by atoms with van der Waals surface area (Å²) in [5.74, 6) is 0.225. The van der Waals surface area contributed by atoms with Gasteiger partial charge in [0.05, 0.1) is 25.1 Å². The summed E-state index contributed by atoms with van der Waals surface area (Å²) in [5, 5.41) is 8.53. The maximum atomic E-state index is 12.8. The first-order chi connectivity index (χ1) is 15.1. The van der Waals surface area contributed by atoms with Gasteiger partial charge in [-0.1, -0.05) is 0 Å². The smallest absolute Gasteiger partial charge is 0.450 e. The molecule has 0 amide bonds. The van der Waals surface area contributed by atoms with Gasteiger partial charge in [-0.05, 0) is 20.8 Å². The Hall–Kier alpha value is -3.00. The molecule has 0 fully saturated rings. The van der Waals surface area contributed by atoms with Crippen LogP contribution in [0.1, 0.15) is 20.8 Å². The van der Waals surface area contributed by atoms with Crippen LogP contribution in [0.4, 0.5) is 15.4 Å². The van der Waals surface area contributed by atoms with Gasteiger partial charge < -0.3 is 34.4 Å². The Bertz CT molecular complexity index is 968. The average Bonchev–Trinajstić information content (AvgIpc) is 3.10. The quantitative estimate of drug-likeness (QED) is 0.256. The SMILES string of the molecule is CC(C)OC(=O)OCOP(=O)(CO[C@H](C)Cn1cnc2c(N)ncnc21)OCOC(=O)O. The number of rotatable bonds is 12. The molecule has 0 saturated carbocycles. The van der Waals surface area contributed by atoms with Crippen LogP contribution in [0.3, 0.4) is 0 Å². The molecule has 0 saturated heterocycles. The lowest BCUT2D eigenvalue weighted by atomic mass is 10.4. The number of fused-ring (bicyclic) bond motifs is 1. The molecular formula is C16H24N5O10P. The molecule has 2 aromatic heterocycles. The Morgan fingerprint density at radius 3 is 2.50 bits per heavy atom. The fourth-order valence-corrected chi connectivity index (χ4v) is 3.32. The van der Waals surface area contributed by atoms with Gasteiger partial charge in [0.25, 0.3) is 0 Å². The van der Waals surface area contributed by atoms with Crippen molar-refractivity contribution >= 4 is 36.9 Å². The molecule has 2 rings (SSSR count). The first-order valence-corrected chi connectivity index (χ1v) is 10.9. The molecule has 0 aliphatic rings. The fraction of sp³-hybridized carbons (Fsp3) is 0.562. The monoisotopic (exact) mass is 477 g/mol. The van der Waals surface area contributed by atoms with E-state index in [2.05, 4.69) is 24.4 Å². The summed E-state index contributed by atoms with van der Waals surface area (Å²) in [5.41, 5.74) is 6.66. The van der Waals surface area contributed by atoms with Gasteiger partial charge in [-0.2, -0.15) is 0 Å². The van der Waals surface area contributed by atoms with E-state index in [0.717, 1.165) is 0 Å². The summed E-state index contributed by atoms with van der Waals surface area (Å²) < 4.78 is 43.5. The van der Waals surface area contributed by atoms with Crippen molar-refractivity contribution < 1.29 is 47.3 Å². The zero-order valence-electron chi connectivity index (χ0n) is 17.6. The fourth-order valence-electron chi connectivity index (χ4n) is 2.23. The van der Waals surface area contributed by atoms with Gasteiger partial charge in [0.1, 0.15) is 18.2 Å². The van der Waals surface area contributed by atoms with Crippen molar-refractivity contribution in [3.63, 3.8) is 0 Å². The van der Waals surface area contributed by atoms with Crippen LogP contribution >= 0.6 is 7.60 Å². The minimum Gasteiger partial charge on any atom is -0.450 e. The Morgan fingerprint density at radius 1 is 1.16 bits per heavy atom. The first kappa shape index (κ1) is 25.3. The molecule has 32 heavy (non-hydrogen) atoms. The molecule has 2 aromatic rings. The van der Waals surface area contributed by atoms with Crippen LogP contribution in [0.2, 0.25) is 0 Å². The van der Waals surface area contributed by atoms with Crippen molar-refractivity contribution in [2.75, 3.05) is 25.7 Å². The van der Waals surface area contributed by atoms with Crippen molar-refractivity contribution in [3.05, 3.63) is 12.7 Å². The second-order valence-electron chi connectivity index (χ2n) is 6.51. The third-order valence-electron chi connectivity index (χ3n) is 3.59. The molecule has 0 aromatic carbocycles. The van der Waals surface area contributed by atoms with E-state index in [1.54, 1.807) is 25.3 Å². The van der Waals surface area contributed by atoms with Gasteiger partial charge in [0.15, 0.2) is 11.5 Å². The van der Waals surface area contributed by atoms with E-state index in [9.17, 15) is 14.2 Å². The van der Waals surface area contributed by atoms with Gasteiger partial charge in [0, 0.05) is 0 Å². The van der Waals surface area contributed by atoms with Gasteiger partial charge in [-0.15, -0.1) is 0 Å². The number of ether oxygens (including phenoxy) is 4. The minimum atomic E-state index is -4.08. The molecule has 0 radical (unpaired) electrons. The number of carbonyl (C=O) groups is 2. The van der Waals surface area contributed by atoms with Gasteiger partial charge in [0.2, 0.25) is 13.6 Å². The number of anilines is 1. The van der Waals surface area contributed by atoms with E-state index in [-0.39, 0.29) is 12.4 Å². The van der Waals surface area contributed by atoms with Crippen LogP contribution in [-0.4, -0.2) is 69.1 Å². The van der Waals surface area contributed by atoms with E-state index in [0.29, 0.717) is 11.2 Å². The molecule has 0 aliphatic heterocycles. The number of nitrogen functional groups attached to an aromatic ring is 1. The molecule has 0 spiro atoms. The molecular weight excluding hydrogens is 453 g/mol. The summed E-state index contributed by atoms with van der Waals surface area (Å²) in [6, 6.07) is 0. The van der Waals surface area contributed by atoms with Crippen molar-refractivity contribution in [3.8, 4) is 0 Å². The van der Waals surface area contributed by atoms with Crippen LogP contribution < -0.4 is 5.73 Å². The van der Waals surface area contributed by atoms with Gasteiger partial charge >= 0.3 is 19.9 Å². The topological polar surface area (TPSA) is 196 Å². The summed E-state index contributed by atoms with van der Waals surface area (Å²) in [4.78, 5) is 34.0. The molecule has 3 N–H and O–H groups in total. The highest BCUT2D eigenvalue weighted by Gasteiger charge is 2.28. The van der Waals surface area contributed by atoms with Gasteiger partial charge in [-0.25, -0.2) is 24.5 Å². The number of hydrogen-bond donors (Lipinski definition) is 2. The van der Waals surface area contributed by atoms with Crippen molar-refractivity contribution in [1.29, 1.82) is 0 Å². The highest BCUT2D eigenvalue weighted by molar-refractivity contribution is 7.53. The molecule has 0 aliphatic carbocycles. The van der Waals surface area contributed by atoms with E-state index in [1.165, 1.54) is 12.7 Å². The zero-order valence-corrected chi connectivity index (χ0v) is 18.5. The van der Waals surface area contributed by atoms with E-state index in [1.807, 2.05) is 0 Å². The lowest BCUT2D eigenvalue weighted by molar-refractivity contribution is -0.0297. The van der Waals surface area contributed by atoms with Crippen LogP contribution in [0.5, 0.6) is 0 Å². The highest BCUT2D eigenvalue weighted by atomic mass is 31.2.